The predicted molar refractivity (Wildman–Crippen MR) is 333 cm³/mol. The summed E-state index contributed by atoms with van der Waals surface area (Å²) < 4.78 is 5.49. The fraction of sp³-hybridized carbons (Fsp3) is 0.829. The minimum absolute atomic E-state index is 0.000930. The average molecular weight is 1060 g/mol. The molecule has 0 aromatic rings. The maximum absolute atomic E-state index is 12.5. The zero-order valence-electron chi connectivity index (χ0n) is 50.7. The standard InChI is InChI=1S/C70H129NO5/c1-3-5-7-9-11-13-15-17-19-21-32-36-40-44-48-52-56-60-64-70(75)76-65-61-57-53-49-45-41-37-33-30-28-26-24-22-23-25-27-29-31-35-39-43-47-51-55-59-63-69(74)71-67(66-72)68(73)62-58-54-50-46-42-38-34-20-18-16-14-12-10-8-6-4-2/h13,15,19,21,23-26,58,62,67-68,72-73H,3-12,14,16-18,20,22,27-57,59-61,63-66H2,1-2H3,(H,71,74)/b15-13-,21-19-,25-23-,26-24-,62-58+. The molecule has 0 aliphatic heterocycles. The van der Waals surface area contributed by atoms with E-state index in [9.17, 15) is 19.8 Å². The monoisotopic (exact) mass is 1060 g/mol. The van der Waals surface area contributed by atoms with Crippen LogP contribution in [0.15, 0.2) is 60.8 Å². The summed E-state index contributed by atoms with van der Waals surface area (Å²) in [4.78, 5) is 24.6. The fourth-order valence-electron chi connectivity index (χ4n) is 10.1. The molecular formula is C70H129NO5. The van der Waals surface area contributed by atoms with E-state index in [0.717, 1.165) is 57.8 Å². The Kier molecular flexibility index (Phi) is 63.0. The summed E-state index contributed by atoms with van der Waals surface area (Å²) in [6.45, 7) is 4.89. The highest BCUT2D eigenvalue weighted by Crippen LogP contribution is 2.17. The highest BCUT2D eigenvalue weighted by molar-refractivity contribution is 5.76. The van der Waals surface area contributed by atoms with Crippen LogP contribution in [0.4, 0.5) is 0 Å². The van der Waals surface area contributed by atoms with Gasteiger partial charge in [-0.1, -0.05) is 299 Å². The Morgan fingerprint density at radius 2 is 0.658 bits per heavy atom. The minimum atomic E-state index is -0.850. The van der Waals surface area contributed by atoms with Crippen LogP contribution in [-0.2, 0) is 14.3 Å². The van der Waals surface area contributed by atoms with E-state index in [1.165, 1.54) is 263 Å². The van der Waals surface area contributed by atoms with Gasteiger partial charge in [-0.05, 0) is 96.3 Å². The van der Waals surface area contributed by atoms with Gasteiger partial charge in [-0.2, -0.15) is 0 Å². The van der Waals surface area contributed by atoms with Crippen molar-refractivity contribution in [1.82, 2.24) is 5.32 Å². The Bertz CT molecular complexity index is 1320. The van der Waals surface area contributed by atoms with Gasteiger partial charge in [0.2, 0.25) is 5.91 Å². The smallest absolute Gasteiger partial charge is 0.305 e. The van der Waals surface area contributed by atoms with E-state index in [1.54, 1.807) is 6.08 Å². The van der Waals surface area contributed by atoms with Crippen molar-refractivity contribution in [2.45, 2.75) is 360 Å². The summed E-state index contributed by atoms with van der Waals surface area (Å²) in [5, 5.41) is 23.2. The maximum atomic E-state index is 12.5. The van der Waals surface area contributed by atoms with Gasteiger partial charge in [0.05, 0.1) is 25.4 Å². The first-order valence-electron chi connectivity index (χ1n) is 33.6. The molecule has 6 nitrogen and oxygen atoms in total. The van der Waals surface area contributed by atoms with E-state index in [1.807, 2.05) is 6.08 Å². The first kappa shape index (κ1) is 73.6. The summed E-state index contributed by atoms with van der Waals surface area (Å²) in [6.07, 6.45) is 85.6. The van der Waals surface area contributed by atoms with Crippen LogP contribution >= 0.6 is 0 Å². The fourth-order valence-corrected chi connectivity index (χ4v) is 10.1. The molecular weight excluding hydrogens is 935 g/mol. The quantitative estimate of drug-likeness (QED) is 0.0320. The van der Waals surface area contributed by atoms with Crippen LogP contribution in [0.5, 0.6) is 0 Å². The second kappa shape index (κ2) is 65.1. The molecule has 0 saturated heterocycles. The van der Waals surface area contributed by atoms with Gasteiger partial charge in [-0.25, -0.2) is 0 Å². The highest BCUT2D eigenvalue weighted by Gasteiger charge is 2.18. The Morgan fingerprint density at radius 1 is 0.368 bits per heavy atom. The number of hydrogen-bond donors (Lipinski definition) is 3. The number of esters is 1. The molecule has 0 aromatic heterocycles. The molecule has 0 rings (SSSR count). The molecule has 2 atom stereocenters. The Hall–Kier alpha value is -2.44. The van der Waals surface area contributed by atoms with E-state index < -0.39 is 12.1 Å². The van der Waals surface area contributed by atoms with Crippen molar-refractivity contribution in [2.24, 2.45) is 0 Å². The molecule has 0 heterocycles. The van der Waals surface area contributed by atoms with Crippen molar-refractivity contribution in [1.29, 1.82) is 0 Å². The SMILES string of the molecule is CCCCCC/C=C\C/C=C\CCCCCCCCCC(=O)OCCCCCCCCCCC/C=C\C/C=C\CCCCCCCCCCCC(=O)NC(CO)C(O)/C=C/CCCCCCCCCCCCCCCC. The third-order valence-electron chi connectivity index (χ3n) is 15.3. The first-order valence-corrected chi connectivity index (χ1v) is 33.6. The van der Waals surface area contributed by atoms with E-state index in [-0.39, 0.29) is 18.5 Å². The number of carbonyl (C=O) groups is 2. The molecule has 444 valence electrons. The molecule has 1 amide bonds. The van der Waals surface area contributed by atoms with Crippen LogP contribution < -0.4 is 5.32 Å². The summed E-state index contributed by atoms with van der Waals surface area (Å²) in [6, 6.07) is -0.634. The lowest BCUT2D eigenvalue weighted by Gasteiger charge is -2.20. The Labute approximate surface area is 473 Å². The number of allylic oxidation sites excluding steroid dienone is 9. The van der Waals surface area contributed by atoms with Gasteiger partial charge < -0.3 is 20.3 Å². The summed E-state index contributed by atoms with van der Waals surface area (Å²) >= 11 is 0. The number of carbonyl (C=O) groups excluding carboxylic acids is 2. The van der Waals surface area contributed by atoms with Gasteiger partial charge in [0.1, 0.15) is 0 Å². The lowest BCUT2D eigenvalue weighted by Crippen LogP contribution is -2.45. The third-order valence-corrected chi connectivity index (χ3v) is 15.3. The number of rotatable bonds is 62. The van der Waals surface area contributed by atoms with Crippen LogP contribution in [0.1, 0.15) is 348 Å². The lowest BCUT2D eigenvalue weighted by molar-refractivity contribution is -0.143. The molecule has 0 fully saturated rings. The van der Waals surface area contributed by atoms with Crippen molar-refractivity contribution in [3.8, 4) is 0 Å². The summed E-state index contributed by atoms with van der Waals surface area (Å²) in [5.41, 5.74) is 0. The predicted octanol–water partition coefficient (Wildman–Crippen LogP) is 21.5. The number of aliphatic hydroxyl groups is 2. The van der Waals surface area contributed by atoms with E-state index in [0.29, 0.717) is 19.4 Å². The largest absolute Gasteiger partial charge is 0.466 e. The molecule has 0 aromatic carbocycles. The zero-order chi connectivity index (χ0) is 55.0. The van der Waals surface area contributed by atoms with Gasteiger partial charge >= 0.3 is 5.97 Å². The number of aliphatic hydroxyl groups excluding tert-OH is 2. The second-order valence-corrected chi connectivity index (χ2v) is 22.8. The Balaban J connectivity index is 3.45. The third kappa shape index (κ3) is 60.8. The summed E-state index contributed by atoms with van der Waals surface area (Å²) in [7, 11) is 0. The molecule has 2 unspecified atom stereocenters. The second-order valence-electron chi connectivity index (χ2n) is 22.8. The molecule has 0 spiro atoms. The van der Waals surface area contributed by atoms with Gasteiger partial charge in [0.15, 0.2) is 0 Å². The van der Waals surface area contributed by atoms with Crippen molar-refractivity contribution in [2.75, 3.05) is 13.2 Å². The van der Waals surface area contributed by atoms with Crippen LogP contribution in [-0.4, -0.2) is 47.4 Å². The van der Waals surface area contributed by atoms with Crippen LogP contribution in [0, 0.1) is 0 Å². The van der Waals surface area contributed by atoms with E-state index in [2.05, 4.69) is 67.8 Å². The average Bonchev–Trinajstić information content (AvgIpc) is 3.42. The van der Waals surface area contributed by atoms with Crippen molar-refractivity contribution in [3.63, 3.8) is 0 Å². The molecule has 0 saturated carbocycles. The Morgan fingerprint density at radius 3 is 1.01 bits per heavy atom. The van der Waals surface area contributed by atoms with Gasteiger partial charge in [-0.15, -0.1) is 0 Å². The van der Waals surface area contributed by atoms with Crippen molar-refractivity contribution < 1.29 is 24.5 Å². The number of ether oxygens (including phenoxy) is 1. The number of hydrogen-bond acceptors (Lipinski definition) is 5. The van der Waals surface area contributed by atoms with Crippen LogP contribution in [0.25, 0.3) is 0 Å². The van der Waals surface area contributed by atoms with Gasteiger partial charge in [-0.3, -0.25) is 9.59 Å². The molecule has 0 bridgehead atoms. The topological polar surface area (TPSA) is 95.9 Å². The maximum Gasteiger partial charge on any atom is 0.305 e. The lowest BCUT2D eigenvalue weighted by atomic mass is 10.0. The van der Waals surface area contributed by atoms with Gasteiger partial charge in [0, 0.05) is 12.8 Å². The normalized spacial score (nSPS) is 12.9. The first-order chi connectivity index (χ1) is 37.5. The molecule has 6 heteroatoms. The molecule has 3 N–H and O–H groups in total. The van der Waals surface area contributed by atoms with Gasteiger partial charge in [0.25, 0.3) is 0 Å². The van der Waals surface area contributed by atoms with Crippen LogP contribution in [0.2, 0.25) is 0 Å². The number of nitrogens with one attached hydrogen (secondary N) is 1. The highest BCUT2D eigenvalue weighted by atomic mass is 16.5. The number of unbranched alkanes of at least 4 members (excludes halogenated alkanes) is 43. The van der Waals surface area contributed by atoms with E-state index >= 15 is 0 Å². The number of amides is 1. The van der Waals surface area contributed by atoms with E-state index in [4.69, 9.17) is 4.74 Å². The van der Waals surface area contributed by atoms with Crippen LogP contribution in [0.3, 0.4) is 0 Å². The summed E-state index contributed by atoms with van der Waals surface area (Å²) in [5.74, 6) is -0.0723. The van der Waals surface area contributed by atoms with Crippen molar-refractivity contribution >= 4 is 11.9 Å². The molecule has 0 radical (unpaired) electrons. The molecule has 0 aliphatic carbocycles. The van der Waals surface area contributed by atoms with Crippen molar-refractivity contribution in [3.05, 3.63) is 60.8 Å². The zero-order valence-corrected chi connectivity index (χ0v) is 50.7. The molecule has 76 heavy (non-hydrogen) atoms. The minimum Gasteiger partial charge on any atom is -0.466 e. The molecule has 0 aliphatic rings.